The minimum absolute atomic E-state index is 0.00551. The highest BCUT2D eigenvalue weighted by Crippen LogP contribution is 2.27. The largest absolute Gasteiger partial charge is 0.489 e. The van der Waals surface area contributed by atoms with E-state index in [0.717, 1.165) is 17.7 Å². The summed E-state index contributed by atoms with van der Waals surface area (Å²) in [5.41, 5.74) is 7.57. The second-order valence-corrected chi connectivity index (χ2v) is 4.13. The van der Waals surface area contributed by atoms with Gasteiger partial charge in [0, 0.05) is 30.3 Å². The van der Waals surface area contributed by atoms with E-state index in [9.17, 15) is 9.18 Å². The molecule has 96 valence electrons. The monoisotopic (exact) mass is 250 g/mol. The molecule has 1 amide bonds. The number of nitrogens with two attached hydrogens (primary N) is 1. The lowest BCUT2D eigenvalue weighted by Crippen LogP contribution is -2.19. The van der Waals surface area contributed by atoms with Gasteiger partial charge in [0.15, 0.2) is 0 Å². The number of carbonyl (C=O) groups is 1. The topological polar surface area (TPSA) is 64.3 Å². The van der Waals surface area contributed by atoms with Crippen molar-refractivity contribution in [1.29, 1.82) is 0 Å². The summed E-state index contributed by atoms with van der Waals surface area (Å²) in [5, 5.41) is 2.78. The van der Waals surface area contributed by atoms with Gasteiger partial charge in [-0.3, -0.25) is 4.79 Å². The highest BCUT2D eigenvalue weighted by Gasteiger charge is 2.15. The normalized spacial score (nSPS) is 15.0. The molecule has 0 radical (unpaired) electrons. The summed E-state index contributed by atoms with van der Waals surface area (Å²) >= 11 is 0. The van der Waals surface area contributed by atoms with E-state index in [1.165, 1.54) is 0 Å². The maximum absolute atomic E-state index is 12.3. The van der Waals surface area contributed by atoms with Crippen LogP contribution in [-0.2, 0) is 11.2 Å². The maximum atomic E-state index is 12.3. The Morgan fingerprint density at radius 2 is 2.33 bits per heavy atom. The Labute approximate surface area is 105 Å². The number of ether oxygens (including phenoxy) is 1. The summed E-state index contributed by atoms with van der Waals surface area (Å²) in [6.07, 6.45) is 1.70. The second-order valence-electron chi connectivity index (χ2n) is 4.13. The lowest BCUT2D eigenvalue weighted by molar-refractivity contribution is -0.116. The van der Waals surface area contributed by atoms with Crippen molar-refractivity contribution in [3.63, 3.8) is 0 Å². The number of amides is 1. The molecule has 2 rings (SSSR count). The van der Waals surface area contributed by atoms with Crippen molar-refractivity contribution >= 4 is 11.6 Å². The van der Waals surface area contributed by atoms with E-state index in [1.807, 2.05) is 12.1 Å². The number of rotatable bonds is 4. The van der Waals surface area contributed by atoms with Crippen LogP contribution in [0, 0.1) is 0 Å². The average Bonchev–Trinajstić information content (AvgIpc) is 2.39. The first-order valence-corrected chi connectivity index (χ1v) is 5.76. The van der Waals surface area contributed by atoms with E-state index >= 15 is 0 Å². The molecule has 1 aliphatic heterocycles. The van der Waals surface area contributed by atoms with Gasteiger partial charge in [-0.1, -0.05) is 6.07 Å². The van der Waals surface area contributed by atoms with Crippen LogP contribution in [0.25, 0.3) is 0 Å². The highest BCUT2D eigenvalue weighted by molar-refractivity contribution is 5.94. The van der Waals surface area contributed by atoms with Crippen LogP contribution in [0.1, 0.15) is 12.0 Å². The first kappa shape index (κ1) is 12.6. The number of carbonyl (C=O) groups excluding carboxylic acids is 1. The highest BCUT2D eigenvalue weighted by atomic mass is 19.1. The SMILES string of the molecule is NC/C(=C/F)COc1ccc2c(c1)NC(=O)CC2. The first-order valence-electron chi connectivity index (χ1n) is 5.76. The van der Waals surface area contributed by atoms with Gasteiger partial charge in [-0.15, -0.1) is 0 Å². The smallest absolute Gasteiger partial charge is 0.224 e. The van der Waals surface area contributed by atoms with Crippen molar-refractivity contribution in [2.24, 2.45) is 5.73 Å². The minimum Gasteiger partial charge on any atom is -0.489 e. The Balaban J connectivity index is 2.07. The van der Waals surface area contributed by atoms with Crippen LogP contribution in [0.3, 0.4) is 0 Å². The maximum Gasteiger partial charge on any atom is 0.224 e. The zero-order valence-corrected chi connectivity index (χ0v) is 9.91. The molecule has 0 fully saturated rings. The number of hydrogen-bond donors (Lipinski definition) is 2. The predicted molar refractivity (Wildman–Crippen MR) is 67.1 cm³/mol. The zero-order valence-electron chi connectivity index (χ0n) is 9.91. The predicted octanol–water partition coefficient (Wildman–Crippen LogP) is 1.76. The van der Waals surface area contributed by atoms with Gasteiger partial charge in [0.2, 0.25) is 5.91 Å². The molecule has 4 nitrogen and oxygen atoms in total. The quantitative estimate of drug-likeness (QED) is 0.855. The number of anilines is 1. The van der Waals surface area contributed by atoms with Gasteiger partial charge in [0.25, 0.3) is 0 Å². The number of fused-ring (bicyclic) bond motifs is 1. The molecular formula is C13H15FN2O2. The summed E-state index contributed by atoms with van der Waals surface area (Å²) in [6, 6.07) is 5.47. The van der Waals surface area contributed by atoms with E-state index < -0.39 is 0 Å². The van der Waals surface area contributed by atoms with Gasteiger partial charge in [0.1, 0.15) is 12.4 Å². The fourth-order valence-corrected chi connectivity index (χ4v) is 1.75. The number of benzene rings is 1. The third-order valence-corrected chi connectivity index (χ3v) is 2.82. The minimum atomic E-state index is 0.00551. The van der Waals surface area contributed by atoms with E-state index in [2.05, 4.69) is 5.32 Å². The van der Waals surface area contributed by atoms with Crippen molar-refractivity contribution < 1.29 is 13.9 Å². The number of aryl methyl sites for hydroxylation is 1. The molecule has 1 aromatic rings. The molecule has 1 aromatic carbocycles. The van der Waals surface area contributed by atoms with Crippen LogP contribution < -0.4 is 15.8 Å². The molecular weight excluding hydrogens is 235 g/mol. The molecule has 1 heterocycles. The van der Waals surface area contributed by atoms with E-state index in [0.29, 0.717) is 24.1 Å². The van der Waals surface area contributed by atoms with Crippen LogP contribution in [0.4, 0.5) is 10.1 Å². The average molecular weight is 250 g/mol. The molecule has 0 saturated heterocycles. The van der Waals surface area contributed by atoms with E-state index in [1.54, 1.807) is 6.07 Å². The van der Waals surface area contributed by atoms with Crippen LogP contribution in [0.2, 0.25) is 0 Å². The van der Waals surface area contributed by atoms with Crippen molar-refractivity contribution in [2.45, 2.75) is 12.8 Å². The lowest BCUT2D eigenvalue weighted by atomic mass is 10.0. The van der Waals surface area contributed by atoms with E-state index in [-0.39, 0.29) is 19.1 Å². The van der Waals surface area contributed by atoms with E-state index in [4.69, 9.17) is 10.5 Å². The first-order chi connectivity index (χ1) is 8.72. The number of hydrogen-bond acceptors (Lipinski definition) is 3. The fourth-order valence-electron chi connectivity index (χ4n) is 1.75. The molecule has 1 aliphatic rings. The van der Waals surface area contributed by atoms with Gasteiger partial charge < -0.3 is 15.8 Å². The molecule has 0 aliphatic carbocycles. The Morgan fingerprint density at radius 1 is 1.50 bits per heavy atom. The van der Waals surface area contributed by atoms with Gasteiger partial charge in [-0.05, 0) is 18.1 Å². The molecule has 3 N–H and O–H groups in total. The molecule has 0 saturated carbocycles. The van der Waals surface area contributed by atoms with Crippen LogP contribution in [-0.4, -0.2) is 19.1 Å². The molecule has 5 heteroatoms. The summed E-state index contributed by atoms with van der Waals surface area (Å²) < 4.78 is 17.7. The lowest BCUT2D eigenvalue weighted by Gasteiger charge is -2.17. The standard InChI is InChI=1S/C13H15FN2O2/c14-6-9(7-15)8-18-11-3-1-10-2-4-13(17)16-12(10)5-11/h1,3,5-6H,2,4,7-8,15H2,(H,16,17)/b9-6-. The third-order valence-electron chi connectivity index (χ3n) is 2.82. The molecule has 0 atom stereocenters. The van der Waals surface area contributed by atoms with Crippen molar-refractivity contribution in [3.05, 3.63) is 35.7 Å². The molecule has 0 bridgehead atoms. The van der Waals surface area contributed by atoms with Gasteiger partial charge in [-0.25, -0.2) is 4.39 Å². The number of nitrogens with one attached hydrogen (secondary N) is 1. The molecule has 0 aromatic heterocycles. The van der Waals surface area contributed by atoms with Gasteiger partial charge in [0.05, 0.1) is 6.33 Å². The van der Waals surface area contributed by atoms with Crippen molar-refractivity contribution in [1.82, 2.24) is 0 Å². The summed E-state index contributed by atoms with van der Waals surface area (Å²) in [7, 11) is 0. The summed E-state index contributed by atoms with van der Waals surface area (Å²) in [6.45, 7) is 0.234. The summed E-state index contributed by atoms with van der Waals surface area (Å²) in [4.78, 5) is 11.3. The number of halogens is 1. The molecule has 0 unspecified atom stereocenters. The Kier molecular flexibility index (Phi) is 3.94. The summed E-state index contributed by atoms with van der Waals surface area (Å²) in [5.74, 6) is 0.592. The Morgan fingerprint density at radius 3 is 3.06 bits per heavy atom. The Hall–Kier alpha value is -1.88. The molecule has 0 spiro atoms. The van der Waals surface area contributed by atoms with Gasteiger partial charge >= 0.3 is 0 Å². The van der Waals surface area contributed by atoms with Crippen LogP contribution >= 0.6 is 0 Å². The molecule has 18 heavy (non-hydrogen) atoms. The fraction of sp³-hybridized carbons (Fsp3) is 0.308. The van der Waals surface area contributed by atoms with Crippen molar-refractivity contribution in [3.8, 4) is 5.75 Å². The second kappa shape index (κ2) is 5.64. The van der Waals surface area contributed by atoms with Gasteiger partial charge in [-0.2, -0.15) is 0 Å². The van der Waals surface area contributed by atoms with Crippen molar-refractivity contribution in [2.75, 3.05) is 18.5 Å². The Bertz CT molecular complexity index is 486. The van der Waals surface area contributed by atoms with Crippen LogP contribution in [0.15, 0.2) is 30.1 Å². The third kappa shape index (κ3) is 2.87. The zero-order chi connectivity index (χ0) is 13.0. The van der Waals surface area contributed by atoms with Crippen LogP contribution in [0.5, 0.6) is 5.75 Å².